The van der Waals surface area contributed by atoms with E-state index >= 15 is 0 Å². The van der Waals surface area contributed by atoms with Crippen molar-refractivity contribution in [1.82, 2.24) is 9.38 Å². The average molecular weight is 350 g/mol. The molecule has 1 aliphatic rings. The van der Waals surface area contributed by atoms with Crippen molar-refractivity contribution in [3.8, 4) is 11.1 Å². The molecule has 0 aliphatic heterocycles. The Balaban J connectivity index is 1.80. The first-order valence-electron chi connectivity index (χ1n) is 9.64. The lowest BCUT2D eigenvalue weighted by molar-refractivity contribution is 0.638. The molecule has 5 aromatic rings. The topological polar surface area (TPSA) is 20.2 Å². The van der Waals surface area contributed by atoms with E-state index in [1.165, 1.54) is 61.0 Å². The highest BCUT2D eigenvalue weighted by molar-refractivity contribution is 5.99. The molecule has 0 saturated heterocycles. The summed E-state index contributed by atoms with van der Waals surface area (Å²) in [5.41, 5.74) is 11.9. The molecule has 6 rings (SSSR count). The maximum atomic E-state index is 3.67. The fraction of sp³-hybridized carbons (Fsp3) is 0.200. The van der Waals surface area contributed by atoms with Crippen molar-refractivity contribution in [2.45, 2.75) is 33.1 Å². The molecule has 3 aromatic carbocycles. The Morgan fingerprint density at radius 2 is 1.70 bits per heavy atom. The average Bonchev–Trinajstić information content (AvgIpc) is 3.23. The van der Waals surface area contributed by atoms with Gasteiger partial charge in [0.1, 0.15) is 5.65 Å². The normalized spacial score (nSPS) is 15.0. The van der Waals surface area contributed by atoms with Gasteiger partial charge in [0.2, 0.25) is 0 Å². The van der Waals surface area contributed by atoms with E-state index in [9.17, 15) is 0 Å². The maximum Gasteiger partial charge on any atom is 0.116 e. The molecule has 2 heteroatoms. The Morgan fingerprint density at radius 1 is 0.889 bits per heavy atom. The van der Waals surface area contributed by atoms with Gasteiger partial charge in [-0.15, -0.1) is 0 Å². The number of benzene rings is 3. The minimum atomic E-state index is -0.0509. The van der Waals surface area contributed by atoms with E-state index in [1.54, 1.807) is 0 Å². The van der Waals surface area contributed by atoms with Gasteiger partial charge in [0, 0.05) is 16.7 Å². The summed E-state index contributed by atoms with van der Waals surface area (Å²) < 4.78 is 2.46. The number of hydrogen-bond donors (Lipinski definition) is 1. The molecule has 1 aliphatic carbocycles. The summed E-state index contributed by atoms with van der Waals surface area (Å²) in [6, 6.07) is 20.2. The van der Waals surface area contributed by atoms with Crippen LogP contribution in [-0.2, 0) is 5.41 Å². The van der Waals surface area contributed by atoms with Gasteiger partial charge in [-0.25, -0.2) is 0 Å². The summed E-state index contributed by atoms with van der Waals surface area (Å²) in [5.74, 6) is 0. The molecule has 0 radical (unpaired) electrons. The summed E-state index contributed by atoms with van der Waals surface area (Å²) in [4.78, 5) is 3.67. The number of nitrogens with one attached hydrogen (secondary N) is 1. The highest BCUT2D eigenvalue weighted by Crippen LogP contribution is 2.52. The van der Waals surface area contributed by atoms with Gasteiger partial charge in [0.25, 0.3) is 0 Å². The van der Waals surface area contributed by atoms with E-state index < -0.39 is 0 Å². The zero-order valence-corrected chi connectivity index (χ0v) is 16.1. The van der Waals surface area contributed by atoms with Crippen LogP contribution in [0.2, 0.25) is 0 Å². The van der Waals surface area contributed by atoms with E-state index in [1.807, 2.05) is 0 Å². The lowest BCUT2D eigenvalue weighted by Gasteiger charge is -2.23. The Morgan fingerprint density at radius 3 is 2.56 bits per heavy atom. The van der Waals surface area contributed by atoms with Crippen molar-refractivity contribution in [2.75, 3.05) is 0 Å². The quantitative estimate of drug-likeness (QED) is 0.329. The second-order valence-corrected chi connectivity index (χ2v) is 8.56. The van der Waals surface area contributed by atoms with Gasteiger partial charge in [0.15, 0.2) is 0 Å². The largest absolute Gasteiger partial charge is 0.339 e. The number of H-pyrrole nitrogens is 1. The molecule has 2 heterocycles. The van der Waals surface area contributed by atoms with Crippen LogP contribution in [0.1, 0.15) is 36.2 Å². The van der Waals surface area contributed by atoms with Gasteiger partial charge in [-0.3, -0.25) is 4.40 Å². The monoisotopic (exact) mass is 350 g/mol. The van der Waals surface area contributed by atoms with Crippen LogP contribution in [0, 0.1) is 13.8 Å². The van der Waals surface area contributed by atoms with Crippen molar-refractivity contribution < 1.29 is 0 Å². The van der Waals surface area contributed by atoms with Gasteiger partial charge in [-0.1, -0.05) is 56.3 Å². The van der Waals surface area contributed by atoms with Gasteiger partial charge in [-0.2, -0.15) is 0 Å². The smallest absolute Gasteiger partial charge is 0.116 e. The minimum absolute atomic E-state index is 0.0509. The van der Waals surface area contributed by atoms with Gasteiger partial charge in [-0.05, 0) is 59.0 Å². The second kappa shape index (κ2) is 4.64. The van der Waals surface area contributed by atoms with Crippen molar-refractivity contribution >= 4 is 27.5 Å². The van der Waals surface area contributed by atoms with E-state index in [0.717, 1.165) is 0 Å². The van der Waals surface area contributed by atoms with Crippen LogP contribution in [0.5, 0.6) is 0 Å². The third-order valence-electron chi connectivity index (χ3n) is 6.39. The molecule has 0 atom stereocenters. The van der Waals surface area contributed by atoms with Crippen molar-refractivity contribution in [3.05, 3.63) is 77.0 Å². The van der Waals surface area contributed by atoms with Gasteiger partial charge >= 0.3 is 0 Å². The van der Waals surface area contributed by atoms with Crippen LogP contribution in [0.25, 0.3) is 38.6 Å². The van der Waals surface area contributed by atoms with Crippen LogP contribution in [-0.4, -0.2) is 9.38 Å². The fourth-order valence-corrected chi connectivity index (χ4v) is 5.37. The molecule has 2 nitrogen and oxygen atoms in total. The fourth-order valence-electron chi connectivity index (χ4n) is 5.37. The number of aromatic nitrogens is 2. The molecule has 1 N–H and O–H groups in total. The predicted octanol–water partition coefficient (Wildman–Crippen LogP) is 6.50. The van der Waals surface area contributed by atoms with Crippen molar-refractivity contribution in [1.29, 1.82) is 0 Å². The van der Waals surface area contributed by atoms with Gasteiger partial charge in [0.05, 0.1) is 11.0 Å². The zero-order valence-electron chi connectivity index (χ0n) is 16.1. The van der Waals surface area contributed by atoms with Crippen LogP contribution in [0.15, 0.2) is 54.6 Å². The number of nitrogens with zero attached hydrogens (tertiary/aromatic N) is 1. The molecule has 132 valence electrons. The summed E-state index contributed by atoms with van der Waals surface area (Å²) in [5, 5.41) is 2.69. The molecule has 0 saturated carbocycles. The van der Waals surface area contributed by atoms with E-state index in [-0.39, 0.29) is 5.41 Å². The Hall–Kier alpha value is -3.00. The molecule has 27 heavy (non-hydrogen) atoms. The lowest BCUT2D eigenvalue weighted by Crippen LogP contribution is -2.18. The number of fused-ring (bicyclic) bond motifs is 9. The molecule has 2 aromatic heterocycles. The van der Waals surface area contributed by atoms with E-state index in [2.05, 4.69) is 91.7 Å². The molecule has 0 unspecified atom stereocenters. The summed E-state index contributed by atoms with van der Waals surface area (Å²) in [6.45, 7) is 9.12. The van der Waals surface area contributed by atoms with Crippen molar-refractivity contribution in [3.63, 3.8) is 0 Å². The van der Waals surface area contributed by atoms with Crippen LogP contribution < -0.4 is 0 Å². The molecular formula is C25H22N2. The van der Waals surface area contributed by atoms with Crippen LogP contribution >= 0.6 is 0 Å². The SMILES string of the molecule is Cc1cc(C)c2[nH]c3cc4c(n3c2c1)C(C)(C)c1c-4ccc2ccccc12. The minimum Gasteiger partial charge on any atom is -0.339 e. The zero-order chi connectivity index (χ0) is 18.5. The third-order valence-corrected chi connectivity index (χ3v) is 6.39. The Labute approximate surface area is 158 Å². The van der Waals surface area contributed by atoms with Crippen LogP contribution in [0.3, 0.4) is 0 Å². The number of rotatable bonds is 0. The first kappa shape index (κ1) is 15.1. The van der Waals surface area contributed by atoms with Gasteiger partial charge < -0.3 is 4.98 Å². The maximum absolute atomic E-state index is 3.67. The number of aromatic amines is 1. The lowest BCUT2D eigenvalue weighted by atomic mass is 9.82. The molecular weight excluding hydrogens is 328 g/mol. The molecule has 0 amide bonds. The van der Waals surface area contributed by atoms with E-state index in [4.69, 9.17) is 0 Å². The predicted molar refractivity (Wildman–Crippen MR) is 114 cm³/mol. The second-order valence-electron chi connectivity index (χ2n) is 8.56. The highest BCUT2D eigenvalue weighted by atomic mass is 15.0. The molecule has 0 bridgehead atoms. The highest BCUT2D eigenvalue weighted by Gasteiger charge is 2.40. The van der Waals surface area contributed by atoms with Crippen molar-refractivity contribution in [2.24, 2.45) is 0 Å². The number of hydrogen-bond acceptors (Lipinski definition) is 0. The standard InChI is InChI=1S/C25H22N2/c1-14-11-15(2)23-20(12-14)27-21(26-23)13-19-18-10-9-16-7-5-6-8-17(16)22(18)25(3,4)24(19)27/h5-13,26H,1-4H3. The van der Waals surface area contributed by atoms with E-state index in [0.29, 0.717) is 0 Å². The summed E-state index contributed by atoms with van der Waals surface area (Å²) in [6.07, 6.45) is 0. The number of aryl methyl sites for hydroxylation is 2. The Kier molecular flexibility index (Phi) is 2.59. The summed E-state index contributed by atoms with van der Waals surface area (Å²) >= 11 is 0. The first-order chi connectivity index (χ1) is 13.0. The molecule has 0 fully saturated rings. The summed E-state index contributed by atoms with van der Waals surface area (Å²) in [7, 11) is 0. The first-order valence-corrected chi connectivity index (χ1v) is 9.64. The third kappa shape index (κ3) is 1.71. The number of imidazole rings is 1. The molecule has 0 spiro atoms. The Bertz CT molecular complexity index is 1410. The van der Waals surface area contributed by atoms with Crippen LogP contribution in [0.4, 0.5) is 0 Å².